The average Bonchev–Trinajstić information content (AvgIpc) is 2.13. The van der Waals surface area contributed by atoms with Gasteiger partial charge < -0.3 is 21.7 Å². The molecule has 0 aliphatic heterocycles. The molecule has 0 radical (unpaired) electrons. The molecule has 0 bridgehead atoms. The minimum atomic E-state index is -1.15. The van der Waals surface area contributed by atoms with Crippen LogP contribution in [0.1, 0.15) is 25.7 Å². The Morgan fingerprint density at radius 1 is 1.20 bits per heavy atom. The number of carboxylic acids is 2. The topological polar surface area (TPSA) is 127 Å². The lowest BCUT2D eigenvalue weighted by Gasteiger charge is -2.18. The Labute approximate surface area is 88.3 Å². The predicted molar refractivity (Wildman–Crippen MR) is 54.3 cm³/mol. The summed E-state index contributed by atoms with van der Waals surface area (Å²) in [4.78, 5) is 21.2. The molecule has 6 heteroatoms. The molecule has 0 saturated carbocycles. The number of unbranched alkanes of at least 4 members (excludes halogenated alkanes) is 1. The van der Waals surface area contributed by atoms with Gasteiger partial charge in [0.25, 0.3) is 0 Å². The SMILES string of the molecule is NCCCCC(N)C(CC(=O)O)C(=O)O. The second-order valence-electron chi connectivity index (χ2n) is 3.49. The highest BCUT2D eigenvalue weighted by Gasteiger charge is 2.27. The van der Waals surface area contributed by atoms with Gasteiger partial charge in [0, 0.05) is 6.04 Å². The quantitative estimate of drug-likeness (QED) is 0.411. The number of carbonyl (C=O) groups is 2. The molecule has 0 amide bonds. The second-order valence-corrected chi connectivity index (χ2v) is 3.49. The highest BCUT2D eigenvalue weighted by atomic mass is 16.4. The first-order chi connectivity index (χ1) is 6.99. The molecule has 88 valence electrons. The maximum atomic E-state index is 10.7. The fourth-order valence-electron chi connectivity index (χ4n) is 1.34. The van der Waals surface area contributed by atoms with Crippen molar-refractivity contribution in [3.05, 3.63) is 0 Å². The summed E-state index contributed by atoms with van der Waals surface area (Å²) in [6.07, 6.45) is 1.55. The van der Waals surface area contributed by atoms with Gasteiger partial charge >= 0.3 is 11.9 Å². The minimum Gasteiger partial charge on any atom is -0.481 e. The number of rotatable bonds is 8. The van der Waals surface area contributed by atoms with Crippen LogP contribution in [0.5, 0.6) is 0 Å². The van der Waals surface area contributed by atoms with Crippen LogP contribution in [0.2, 0.25) is 0 Å². The van der Waals surface area contributed by atoms with E-state index in [2.05, 4.69) is 0 Å². The van der Waals surface area contributed by atoms with E-state index in [1.54, 1.807) is 0 Å². The van der Waals surface area contributed by atoms with E-state index in [0.29, 0.717) is 13.0 Å². The van der Waals surface area contributed by atoms with Crippen molar-refractivity contribution in [1.29, 1.82) is 0 Å². The van der Waals surface area contributed by atoms with Gasteiger partial charge in [0.2, 0.25) is 0 Å². The van der Waals surface area contributed by atoms with Crippen LogP contribution in [0.15, 0.2) is 0 Å². The van der Waals surface area contributed by atoms with Crippen molar-refractivity contribution in [3.8, 4) is 0 Å². The van der Waals surface area contributed by atoms with Gasteiger partial charge in [-0.15, -0.1) is 0 Å². The fraction of sp³-hybridized carbons (Fsp3) is 0.778. The molecule has 0 aromatic rings. The summed E-state index contributed by atoms with van der Waals surface area (Å²) in [5, 5.41) is 17.3. The molecule has 2 unspecified atom stereocenters. The van der Waals surface area contributed by atoms with E-state index in [4.69, 9.17) is 21.7 Å². The first-order valence-corrected chi connectivity index (χ1v) is 4.89. The lowest BCUT2D eigenvalue weighted by atomic mass is 9.93. The van der Waals surface area contributed by atoms with E-state index in [1.165, 1.54) is 0 Å². The van der Waals surface area contributed by atoms with Crippen molar-refractivity contribution in [2.24, 2.45) is 17.4 Å². The predicted octanol–water partition coefficient (Wildman–Crippen LogP) is -0.382. The number of hydrogen-bond donors (Lipinski definition) is 4. The molecule has 0 aliphatic carbocycles. The molecule has 0 spiro atoms. The van der Waals surface area contributed by atoms with Crippen LogP contribution in [-0.2, 0) is 9.59 Å². The zero-order valence-electron chi connectivity index (χ0n) is 8.56. The molecular weight excluding hydrogens is 200 g/mol. The van der Waals surface area contributed by atoms with Crippen LogP contribution in [0.3, 0.4) is 0 Å². The van der Waals surface area contributed by atoms with E-state index in [0.717, 1.165) is 12.8 Å². The Bertz CT molecular complexity index is 220. The largest absolute Gasteiger partial charge is 0.481 e. The van der Waals surface area contributed by atoms with Crippen molar-refractivity contribution in [1.82, 2.24) is 0 Å². The molecule has 6 nitrogen and oxygen atoms in total. The third-order valence-electron chi connectivity index (χ3n) is 2.22. The van der Waals surface area contributed by atoms with Crippen LogP contribution < -0.4 is 11.5 Å². The maximum absolute atomic E-state index is 10.7. The minimum absolute atomic E-state index is 0.431. The lowest BCUT2D eigenvalue weighted by molar-refractivity contribution is -0.149. The van der Waals surface area contributed by atoms with Gasteiger partial charge in [-0.1, -0.05) is 6.42 Å². The van der Waals surface area contributed by atoms with Crippen LogP contribution in [0.4, 0.5) is 0 Å². The average molecular weight is 218 g/mol. The molecular formula is C9H18N2O4. The maximum Gasteiger partial charge on any atom is 0.308 e. The summed E-state index contributed by atoms with van der Waals surface area (Å²) >= 11 is 0. The summed E-state index contributed by atoms with van der Waals surface area (Å²) in [5.41, 5.74) is 10.9. The molecule has 0 saturated heterocycles. The van der Waals surface area contributed by atoms with E-state index >= 15 is 0 Å². The zero-order chi connectivity index (χ0) is 11.8. The summed E-state index contributed by atoms with van der Waals surface area (Å²) in [6, 6.07) is -0.620. The first kappa shape index (κ1) is 13.9. The molecule has 0 aromatic heterocycles. The monoisotopic (exact) mass is 218 g/mol. The number of carboxylic acid groups (broad SMARTS) is 2. The summed E-state index contributed by atoms with van der Waals surface area (Å²) in [6.45, 7) is 0.531. The van der Waals surface area contributed by atoms with Gasteiger partial charge in [0.05, 0.1) is 12.3 Å². The zero-order valence-corrected chi connectivity index (χ0v) is 8.56. The molecule has 15 heavy (non-hydrogen) atoms. The third kappa shape index (κ3) is 6.03. The second kappa shape index (κ2) is 7.19. The van der Waals surface area contributed by atoms with Crippen molar-refractivity contribution in [3.63, 3.8) is 0 Å². The van der Waals surface area contributed by atoms with Crippen LogP contribution >= 0.6 is 0 Å². The van der Waals surface area contributed by atoms with Gasteiger partial charge in [-0.25, -0.2) is 0 Å². The van der Waals surface area contributed by atoms with Gasteiger partial charge in [0.1, 0.15) is 0 Å². The van der Waals surface area contributed by atoms with Crippen LogP contribution in [0, 0.1) is 5.92 Å². The van der Waals surface area contributed by atoms with Crippen molar-refractivity contribution in [2.75, 3.05) is 6.54 Å². The van der Waals surface area contributed by atoms with Crippen molar-refractivity contribution < 1.29 is 19.8 Å². The molecule has 0 fully saturated rings. The van der Waals surface area contributed by atoms with E-state index < -0.39 is 30.3 Å². The van der Waals surface area contributed by atoms with Crippen LogP contribution in [0.25, 0.3) is 0 Å². The summed E-state index contributed by atoms with van der Waals surface area (Å²) < 4.78 is 0. The molecule has 2 atom stereocenters. The Morgan fingerprint density at radius 2 is 1.80 bits per heavy atom. The van der Waals surface area contributed by atoms with E-state index in [1.807, 2.05) is 0 Å². The van der Waals surface area contributed by atoms with Crippen LogP contribution in [-0.4, -0.2) is 34.7 Å². The molecule has 0 rings (SSSR count). The smallest absolute Gasteiger partial charge is 0.308 e. The van der Waals surface area contributed by atoms with Gasteiger partial charge in [-0.05, 0) is 19.4 Å². The summed E-state index contributed by atoms with van der Waals surface area (Å²) in [5.74, 6) is -3.31. The highest BCUT2D eigenvalue weighted by molar-refractivity contribution is 5.78. The van der Waals surface area contributed by atoms with Gasteiger partial charge in [-0.3, -0.25) is 9.59 Å². The summed E-state index contributed by atoms with van der Waals surface area (Å²) in [7, 11) is 0. The molecule has 0 aliphatic rings. The fourth-order valence-corrected chi connectivity index (χ4v) is 1.34. The Balaban J connectivity index is 4.10. The normalized spacial score (nSPS) is 14.5. The number of aliphatic carboxylic acids is 2. The molecule has 6 N–H and O–H groups in total. The Kier molecular flexibility index (Phi) is 6.64. The Hall–Kier alpha value is -1.14. The first-order valence-electron chi connectivity index (χ1n) is 4.89. The number of hydrogen-bond acceptors (Lipinski definition) is 4. The Morgan fingerprint density at radius 3 is 2.20 bits per heavy atom. The highest BCUT2D eigenvalue weighted by Crippen LogP contribution is 2.13. The number of nitrogens with two attached hydrogens (primary N) is 2. The van der Waals surface area contributed by atoms with Gasteiger partial charge in [0.15, 0.2) is 0 Å². The van der Waals surface area contributed by atoms with E-state index in [9.17, 15) is 9.59 Å². The molecule has 0 heterocycles. The molecule has 0 aromatic carbocycles. The van der Waals surface area contributed by atoms with Crippen molar-refractivity contribution in [2.45, 2.75) is 31.7 Å². The van der Waals surface area contributed by atoms with E-state index in [-0.39, 0.29) is 0 Å². The van der Waals surface area contributed by atoms with Crippen molar-refractivity contribution >= 4 is 11.9 Å². The third-order valence-corrected chi connectivity index (χ3v) is 2.22. The lowest BCUT2D eigenvalue weighted by Crippen LogP contribution is -2.37. The standard InChI is InChI=1S/C9H18N2O4/c10-4-2-1-3-7(11)6(9(14)15)5-8(12)13/h6-7H,1-5,10-11H2,(H,12,13)(H,14,15). The van der Waals surface area contributed by atoms with Gasteiger partial charge in [-0.2, -0.15) is 0 Å².